The van der Waals surface area contributed by atoms with E-state index in [0.717, 1.165) is 6.54 Å². The molecule has 0 fully saturated rings. The van der Waals surface area contributed by atoms with Gasteiger partial charge in [0.2, 0.25) is 0 Å². The summed E-state index contributed by atoms with van der Waals surface area (Å²) in [7, 11) is 0. The van der Waals surface area contributed by atoms with Gasteiger partial charge in [0.15, 0.2) is 0 Å². The number of nitrogens with one attached hydrogen (secondary N) is 1. The minimum absolute atomic E-state index is 0.159. The van der Waals surface area contributed by atoms with E-state index in [4.69, 9.17) is 0 Å². The Balaban J connectivity index is 1.71. The van der Waals surface area contributed by atoms with Crippen LogP contribution in [0.5, 0.6) is 0 Å². The zero-order chi connectivity index (χ0) is 14.9. The molecule has 1 aromatic carbocycles. The van der Waals surface area contributed by atoms with Gasteiger partial charge in [-0.2, -0.15) is 0 Å². The van der Waals surface area contributed by atoms with Crippen molar-refractivity contribution >= 4 is 27.3 Å². The molecule has 1 aliphatic rings. The number of benzene rings is 1. The highest BCUT2D eigenvalue weighted by molar-refractivity contribution is 9.11. The van der Waals surface area contributed by atoms with Crippen LogP contribution < -0.4 is 5.32 Å². The second-order valence-corrected chi connectivity index (χ2v) is 9.02. The Morgan fingerprint density at radius 2 is 2.05 bits per heavy atom. The molecule has 3 heteroatoms. The molecule has 0 saturated carbocycles. The van der Waals surface area contributed by atoms with Gasteiger partial charge in [-0.1, -0.05) is 44.2 Å². The third-order valence-electron chi connectivity index (χ3n) is 4.43. The number of thiophene rings is 1. The fraction of sp³-hybridized carbons (Fsp3) is 0.444. The molecule has 0 amide bonds. The van der Waals surface area contributed by atoms with Crippen molar-refractivity contribution in [3.05, 3.63) is 56.2 Å². The van der Waals surface area contributed by atoms with Crippen molar-refractivity contribution < 1.29 is 0 Å². The topological polar surface area (TPSA) is 12.0 Å². The smallest absolute Gasteiger partial charge is 0.0704 e. The summed E-state index contributed by atoms with van der Waals surface area (Å²) in [5, 5.41) is 3.82. The summed E-state index contributed by atoms with van der Waals surface area (Å²) in [5.41, 5.74) is 3.08. The van der Waals surface area contributed by atoms with Crippen molar-refractivity contribution in [2.24, 2.45) is 0 Å². The monoisotopic (exact) mass is 363 g/mol. The summed E-state index contributed by atoms with van der Waals surface area (Å²) >= 11 is 5.54. The molecule has 2 aromatic rings. The van der Waals surface area contributed by atoms with E-state index in [1.54, 1.807) is 4.88 Å². The molecule has 0 radical (unpaired) electrons. The first kappa shape index (κ1) is 15.3. The van der Waals surface area contributed by atoms with Crippen LogP contribution in [0, 0.1) is 0 Å². The molecular weight excluding hydrogens is 342 g/mol. The van der Waals surface area contributed by atoms with Crippen molar-refractivity contribution in [3.8, 4) is 0 Å². The Hall–Kier alpha value is -0.640. The van der Waals surface area contributed by atoms with E-state index in [1.807, 2.05) is 11.3 Å². The Labute approximate surface area is 139 Å². The number of fused-ring (bicyclic) bond motifs is 1. The van der Waals surface area contributed by atoms with Crippen molar-refractivity contribution in [2.75, 3.05) is 6.54 Å². The number of rotatable bonds is 4. The van der Waals surface area contributed by atoms with E-state index in [-0.39, 0.29) is 5.41 Å². The SMILES string of the molecule is CC(C)(CNC1CCCc2sc(Br)cc21)c1ccccc1. The van der Waals surface area contributed by atoms with Gasteiger partial charge in [0.05, 0.1) is 3.79 Å². The average molecular weight is 364 g/mol. The van der Waals surface area contributed by atoms with Gasteiger partial charge in [-0.3, -0.25) is 0 Å². The van der Waals surface area contributed by atoms with Crippen molar-refractivity contribution in [1.82, 2.24) is 5.32 Å². The van der Waals surface area contributed by atoms with Crippen LogP contribution in [0.1, 0.15) is 48.7 Å². The highest BCUT2D eigenvalue weighted by Crippen LogP contribution is 2.38. The first-order chi connectivity index (χ1) is 10.1. The predicted octanol–water partition coefficient (Wildman–Crippen LogP) is 5.46. The lowest BCUT2D eigenvalue weighted by molar-refractivity contribution is 0.394. The molecule has 3 rings (SSSR count). The van der Waals surface area contributed by atoms with Gasteiger partial charge in [0, 0.05) is 22.9 Å². The lowest BCUT2D eigenvalue weighted by atomic mass is 9.83. The third-order valence-corrected chi connectivity index (χ3v) is 6.14. The molecule has 21 heavy (non-hydrogen) atoms. The Morgan fingerprint density at radius 1 is 1.29 bits per heavy atom. The van der Waals surface area contributed by atoms with Crippen LogP contribution in [0.15, 0.2) is 40.2 Å². The van der Waals surface area contributed by atoms with Crippen LogP contribution in [0.2, 0.25) is 0 Å². The zero-order valence-electron chi connectivity index (χ0n) is 12.7. The molecule has 0 saturated heterocycles. The molecule has 1 aliphatic carbocycles. The zero-order valence-corrected chi connectivity index (χ0v) is 15.1. The van der Waals surface area contributed by atoms with E-state index < -0.39 is 0 Å². The van der Waals surface area contributed by atoms with Crippen LogP contribution >= 0.6 is 27.3 Å². The number of hydrogen-bond acceptors (Lipinski definition) is 2. The van der Waals surface area contributed by atoms with Crippen LogP contribution in [0.25, 0.3) is 0 Å². The summed E-state index contributed by atoms with van der Waals surface area (Å²) in [6, 6.07) is 13.6. The first-order valence-corrected chi connectivity index (χ1v) is 9.24. The molecule has 1 atom stereocenters. The molecule has 1 heterocycles. The van der Waals surface area contributed by atoms with Gasteiger partial charge >= 0.3 is 0 Å². The van der Waals surface area contributed by atoms with Gasteiger partial charge in [-0.15, -0.1) is 11.3 Å². The summed E-state index contributed by atoms with van der Waals surface area (Å²) in [4.78, 5) is 1.56. The first-order valence-electron chi connectivity index (χ1n) is 7.63. The maximum Gasteiger partial charge on any atom is 0.0704 e. The standard InChI is InChI=1S/C18H22BrNS/c1-18(2,13-7-4-3-5-8-13)12-20-15-9-6-10-16-14(15)11-17(19)21-16/h3-5,7-8,11,15,20H,6,9-10,12H2,1-2H3. The molecule has 1 unspecified atom stereocenters. The molecule has 0 bridgehead atoms. The minimum Gasteiger partial charge on any atom is -0.309 e. The van der Waals surface area contributed by atoms with Gasteiger partial charge in [-0.25, -0.2) is 0 Å². The lowest BCUT2D eigenvalue weighted by Crippen LogP contribution is -2.36. The predicted molar refractivity (Wildman–Crippen MR) is 95.2 cm³/mol. The molecule has 0 spiro atoms. The van der Waals surface area contributed by atoms with Gasteiger partial charge in [0.1, 0.15) is 0 Å². The van der Waals surface area contributed by atoms with Gasteiger partial charge < -0.3 is 5.32 Å². The maximum atomic E-state index is 3.82. The molecular formula is C18H22BrNS. The number of aryl methyl sites for hydroxylation is 1. The highest BCUT2D eigenvalue weighted by atomic mass is 79.9. The fourth-order valence-electron chi connectivity index (χ4n) is 3.10. The largest absolute Gasteiger partial charge is 0.309 e. The summed E-state index contributed by atoms with van der Waals surface area (Å²) in [6.45, 7) is 5.65. The van der Waals surface area contributed by atoms with E-state index in [9.17, 15) is 0 Å². The lowest BCUT2D eigenvalue weighted by Gasteiger charge is -2.31. The second-order valence-electron chi connectivity index (χ2n) is 6.50. The van der Waals surface area contributed by atoms with Crippen LogP contribution in [-0.2, 0) is 11.8 Å². The second kappa shape index (κ2) is 6.23. The Bertz CT molecular complexity index is 603. The van der Waals surface area contributed by atoms with Crippen molar-refractivity contribution in [1.29, 1.82) is 0 Å². The van der Waals surface area contributed by atoms with Crippen LogP contribution in [0.4, 0.5) is 0 Å². The Morgan fingerprint density at radius 3 is 2.81 bits per heavy atom. The van der Waals surface area contributed by atoms with E-state index in [1.165, 1.54) is 34.2 Å². The van der Waals surface area contributed by atoms with Gasteiger partial charge in [0.25, 0.3) is 0 Å². The maximum absolute atomic E-state index is 3.82. The molecule has 112 valence electrons. The molecule has 0 aliphatic heterocycles. The fourth-order valence-corrected chi connectivity index (χ4v) is 4.92. The molecule has 1 N–H and O–H groups in total. The van der Waals surface area contributed by atoms with Gasteiger partial charge in [-0.05, 0) is 52.4 Å². The van der Waals surface area contributed by atoms with Crippen molar-refractivity contribution in [3.63, 3.8) is 0 Å². The summed E-state index contributed by atoms with van der Waals surface area (Å²) < 4.78 is 1.27. The normalized spacial score (nSPS) is 18.5. The third kappa shape index (κ3) is 3.41. The number of halogens is 1. The quantitative estimate of drug-likeness (QED) is 0.760. The summed E-state index contributed by atoms with van der Waals surface area (Å²) in [5.74, 6) is 0. The van der Waals surface area contributed by atoms with Crippen molar-refractivity contribution in [2.45, 2.75) is 44.6 Å². The van der Waals surface area contributed by atoms with E-state index in [2.05, 4.69) is 71.5 Å². The Kier molecular flexibility index (Phi) is 4.53. The van der Waals surface area contributed by atoms with Crippen LogP contribution in [0.3, 0.4) is 0 Å². The minimum atomic E-state index is 0.159. The van der Waals surface area contributed by atoms with Crippen LogP contribution in [-0.4, -0.2) is 6.54 Å². The average Bonchev–Trinajstić information content (AvgIpc) is 2.87. The highest BCUT2D eigenvalue weighted by Gasteiger charge is 2.26. The molecule has 1 aromatic heterocycles. The summed E-state index contributed by atoms with van der Waals surface area (Å²) in [6.07, 6.45) is 3.79. The van der Waals surface area contributed by atoms with E-state index in [0.29, 0.717) is 6.04 Å². The molecule has 1 nitrogen and oxygen atoms in total. The van der Waals surface area contributed by atoms with E-state index >= 15 is 0 Å². The number of hydrogen-bond donors (Lipinski definition) is 1.